The number of sulfonamides is 1. The first-order valence-corrected chi connectivity index (χ1v) is 11.6. The number of hydrogen-bond donors (Lipinski definition) is 2. The molecule has 0 fully saturated rings. The van der Waals surface area contributed by atoms with Crippen LogP contribution in [0.3, 0.4) is 0 Å². The molecule has 1 amide bonds. The first-order chi connectivity index (χ1) is 15.8. The SMILES string of the molecule is Cc1c(C(=O)Nc2cccc(S(=O)(=O)Nc3ccccc3Cl)c2)cnn1-c1ccccc1F. The number of rotatable bonds is 6. The molecule has 0 aliphatic carbocycles. The lowest BCUT2D eigenvalue weighted by Gasteiger charge is -2.11. The molecule has 4 aromatic rings. The van der Waals surface area contributed by atoms with Crippen LogP contribution in [0.1, 0.15) is 16.1 Å². The summed E-state index contributed by atoms with van der Waals surface area (Å²) in [6.07, 6.45) is 1.33. The molecule has 0 aliphatic heterocycles. The van der Waals surface area contributed by atoms with E-state index in [1.165, 1.54) is 35.1 Å². The van der Waals surface area contributed by atoms with E-state index < -0.39 is 21.7 Å². The third-order valence-corrected chi connectivity index (χ3v) is 6.55. The molecule has 0 saturated carbocycles. The van der Waals surface area contributed by atoms with Gasteiger partial charge < -0.3 is 5.32 Å². The monoisotopic (exact) mass is 484 g/mol. The third-order valence-electron chi connectivity index (χ3n) is 4.86. The number of hydrogen-bond acceptors (Lipinski definition) is 4. The molecule has 4 rings (SSSR count). The highest BCUT2D eigenvalue weighted by Crippen LogP contribution is 2.25. The predicted octanol–water partition coefficient (Wildman–Crippen LogP) is 5.03. The van der Waals surface area contributed by atoms with Gasteiger partial charge >= 0.3 is 0 Å². The summed E-state index contributed by atoms with van der Waals surface area (Å²) in [6, 6.07) is 18.3. The largest absolute Gasteiger partial charge is 0.322 e. The Kier molecular flexibility index (Phi) is 6.17. The molecule has 2 N–H and O–H groups in total. The average Bonchev–Trinajstić information content (AvgIpc) is 3.17. The van der Waals surface area contributed by atoms with Gasteiger partial charge in [-0.3, -0.25) is 9.52 Å². The third kappa shape index (κ3) is 4.74. The van der Waals surface area contributed by atoms with Crippen molar-refractivity contribution in [1.82, 2.24) is 9.78 Å². The van der Waals surface area contributed by atoms with Crippen LogP contribution in [0.15, 0.2) is 83.9 Å². The van der Waals surface area contributed by atoms with Crippen molar-refractivity contribution < 1.29 is 17.6 Å². The van der Waals surface area contributed by atoms with Crippen molar-refractivity contribution in [3.05, 3.63) is 101 Å². The second-order valence-electron chi connectivity index (χ2n) is 7.07. The highest BCUT2D eigenvalue weighted by molar-refractivity contribution is 7.92. The number of carbonyl (C=O) groups excluding carboxylic acids is 1. The van der Waals surface area contributed by atoms with Crippen LogP contribution < -0.4 is 10.0 Å². The molecule has 10 heteroatoms. The van der Waals surface area contributed by atoms with Crippen LogP contribution >= 0.6 is 11.6 Å². The minimum Gasteiger partial charge on any atom is -0.322 e. The molecule has 33 heavy (non-hydrogen) atoms. The Morgan fingerprint density at radius 2 is 1.76 bits per heavy atom. The van der Waals surface area contributed by atoms with E-state index in [9.17, 15) is 17.6 Å². The maximum atomic E-state index is 14.1. The van der Waals surface area contributed by atoms with Crippen molar-refractivity contribution in [3.8, 4) is 5.69 Å². The Labute approximate surface area is 194 Å². The van der Waals surface area contributed by atoms with Gasteiger partial charge in [-0.05, 0) is 49.4 Å². The van der Waals surface area contributed by atoms with E-state index in [1.54, 1.807) is 55.5 Å². The van der Waals surface area contributed by atoms with E-state index in [1.807, 2.05) is 0 Å². The molecular weight excluding hydrogens is 467 g/mol. The summed E-state index contributed by atoms with van der Waals surface area (Å²) in [6.45, 7) is 1.64. The van der Waals surface area contributed by atoms with Crippen molar-refractivity contribution in [3.63, 3.8) is 0 Å². The van der Waals surface area contributed by atoms with Gasteiger partial charge in [0, 0.05) is 5.69 Å². The van der Waals surface area contributed by atoms with Gasteiger partial charge in [0.05, 0.1) is 33.1 Å². The van der Waals surface area contributed by atoms with Crippen molar-refractivity contribution in [2.45, 2.75) is 11.8 Å². The van der Waals surface area contributed by atoms with Gasteiger partial charge in [-0.1, -0.05) is 41.9 Å². The Hall–Kier alpha value is -3.69. The van der Waals surface area contributed by atoms with Crippen molar-refractivity contribution in [1.29, 1.82) is 0 Å². The first kappa shape index (κ1) is 22.5. The van der Waals surface area contributed by atoms with Crippen LogP contribution in [0.5, 0.6) is 0 Å². The Morgan fingerprint density at radius 3 is 2.52 bits per heavy atom. The summed E-state index contributed by atoms with van der Waals surface area (Å²) in [7, 11) is -3.95. The van der Waals surface area contributed by atoms with Crippen LogP contribution in [0.4, 0.5) is 15.8 Å². The zero-order chi connectivity index (χ0) is 23.6. The summed E-state index contributed by atoms with van der Waals surface area (Å²) in [5.74, 6) is -0.983. The van der Waals surface area contributed by atoms with Crippen LogP contribution in [0.25, 0.3) is 5.69 Å². The van der Waals surface area contributed by atoms with E-state index in [4.69, 9.17) is 11.6 Å². The van der Waals surface area contributed by atoms with Gasteiger partial charge in [-0.25, -0.2) is 17.5 Å². The molecule has 0 aliphatic rings. The normalized spacial score (nSPS) is 11.2. The molecule has 0 spiro atoms. The Balaban J connectivity index is 1.56. The second kappa shape index (κ2) is 9.05. The molecule has 0 unspecified atom stereocenters. The summed E-state index contributed by atoms with van der Waals surface area (Å²) < 4.78 is 43.4. The van der Waals surface area contributed by atoms with Crippen LogP contribution in [0, 0.1) is 12.7 Å². The predicted molar refractivity (Wildman–Crippen MR) is 125 cm³/mol. The van der Waals surface area contributed by atoms with Gasteiger partial charge in [0.1, 0.15) is 11.5 Å². The molecule has 0 bridgehead atoms. The highest BCUT2D eigenvalue weighted by Gasteiger charge is 2.19. The van der Waals surface area contributed by atoms with Crippen molar-refractivity contribution >= 4 is 38.9 Å². The number of halogens is 2. The fourth-order valence-electron chi connectivity index (χ4n) is 3.19. The van der Waals surface area contributed by atoms with E-state index >= 15 is 0 Å². The molecule has 1 heterocycles. The first-order valence-electron chi connectivity index (χ1n) is 9.74. The summed E-state index contributed by atoms with van der Waals surface area (Å²) in [5, 5.41) is 7.04. The number of anilines is 2. The topological polar surface area (TPSA) is 93.1 Å². The van der Waals surface area contributed by atoms with E-state index in [0.717, 1.165) is 0 Å². The molecule has 7 nitrogen and oxygen atoms in total. The van der Waals surface area contributed by atoms with Crippen LogP contribution in [-0.2, 0) is 10.0 Å². The average molecular weight is 485 g/mol. The lowest BCUT2D eigenvalue weighted by atomic mass is 10.2. The molecule has 3 aromatic carbocycles. The van der Waals surface area contributed by atoms with E-state index in [-0.39, 0.29) is 32.5 Å². The summed E-state index contributed by atoms with van der Waals surface area (Å²) >= 11 is 6.04. The molecular formula is C23H18ClFN4O3S. The quantitative estimate of drug-likeness (QED) is 0.401. The van der Waals surface area contributed by atoms with Gasteiger partial charge in [-0.15, -0.1) is 0 Å². The molecule has 0 radical (unpaired) electrons. The smallest absolute Gasteiger partial charge is 0.262 e. The van der Waals surface area contributed by atoms with Crippen molar-refractivity contribution in [2.75, 3.05) is 10.0 Å². The number of nitrogens with one attached hydrogen (secondary N) is 2. The van der Waals surface area contributed by atoms with E-state index in [0.29, 0.717) is 5.69 Å². The maximum Gasteiger partial charge on any atom is 0.262 e. The number of nitrogens with zero attached hydrogens (tertiary/aromatic N) is 2. The number of benzene rings is 3. The Morgan fingerprint density at radius 1 is 1.03 bits per heavy atom. The standard InChI is InChI=1S/C23H18ClFN4O3S/c1-15-18(14-26-29(15)22-12-5-3-10-20(22)25)23(30)27-16-7-6-8-17(13-16)33(31,32)28-21-11-4-2-9-19(21)24/h2-14,28H,1H3,(H,27,30). The zero-order valence-electron chi connectivity index (χ0n) is 17.3. The number of para-hydroxylation sites is 2. The Bertz CT molecular complexity index is 1450. The lowest BCUT2D eigenvalue weighted by molar-refractivity contribution is 0.102. The van der Waals surface area contributed by atoms with Crippen LogP contribution in [0.2, 0.25) is 5.02 Å². The van der Waals surface area contributed by atoms with Gasteiger partial charge in [0.15, 0.2) is 0 Å². The minimum atomic E-state index is -3.95. The van der Waals surface area contributed by atoms with E-state index in [2.05, 4.69) is 15.1 Å². The molecule has 0 atom stereocenters. The summed E-state index contributed by atoms with van der Waals surface area (Å²) in [4.78, 5) is 12.8. The zero-order valence-corrected chi connectivity index (χ0v) is 18.9. The molecule has 0 saturated heterocycles. The second-order valence-corrected chi connectivity index (χ2v) is 9.16. The number of carbonyl (C=O) groups is 1. The minimum absolute atomic E-state index is 0.0565. The summed E-state index contributed by atoms with van der Waals surface area (Å²) in [5.41, 5.74) is 1.38. The van der Waals surface area contributed by atoms with Gasteiger partial charge in [0.2, 0.25) is 0 Å². The molecule has 1 aromatic heterocycles. The maximum absolute atomic E-state index is 14.1. The molecule has 168 valence electrons. The fourth-order valence-corrected chi connectivity index (χ4v) is 4.55. The highest BCUT2D eigenvalue weighted by atomic mass is 35.5. The lowest BCUT2D eigenvalue weighted by Crippen LogP contribution is -2.16. The van der Waals surface area contributed by atoms with Gasteiger partial charge in [-0.2, -0.15) is 5.10 Å². The van der Waals surface area contributed by atoms with Crippen LogP contribution in [-0.4, -0.2) is 24.1 Å². The number of aromatic nitrogens is 2. The fraction of sp³-hybridized carbons (Fsp3) is 0.0435. The van der Waals surface area contributed by atoms with Crippen molar-refractivity contribution in [2.24, 2.45) is 0 Å². The number of amides is 1. The van der Waals surface area contributed by atoms with Gasteiger partial charge in [0.25, 0.3) is 15.9 Å².